The molecule has 0 saturated carbocycles. The maximum atomic E-state index is 11.5. The van der Waals surface area contributed by atoms with Crippen molar-refractivity contribution in [2.45, 2.75) is 45.1 Å². The molecule has 7 nitrogen and oxygen atoms in total. The molecule has 2 heterocycles. The van der Waals surface area contributed by atoms with Crippen LogP contribution in [0.5, 0.6) is 0 Å². The van der Waals surface area contributed by atoms with E-state index in [1.54, 1.807) is 0 Å². The highest BCUT2D eigenvalue weighted by Crippen LogP contribution is 2.25. The van der Waals surface area contributed by atoms with E-state index in [4.69, 9.17) is 10.7 Å². The zero-order chi connectivity index (χ0) is 21.9. The zero-order valence-corrected chi connectivity index (χ0v) is 21.8. The molecular formula is C24H41IN6O. The Morgan fingerprint density at radius 3 is 2.59 bits per heavy atom. The number of likely N-dealkylation sites (tertiary alicyclic amines) is 2. The Hall–Kier alpha value is -1.39. The van der Waals surface area contributed by atoms with Gasteiger partial charge >= 0.3 is 0 Å². The molecule has 0 bridgehead atoms. The van der Waals surface area contributed by atoms with E-state index in [0.717, 1.165) is 77.6 Å². The number of primary amides is 1. The van der Waals surface area contributed by atoms with E-state index in [0.29, 0.717) is 6.04 Å². The van der Waals surface area contributed by atoms with Crippen molar-refractivity contribution in [3.8, 4) is 0 Å². The fourth-order valence-corrected chi connectivity index (χ4v) is 4.68. The van der Waals surface area contributed by atoms with Gasteiger partial charge in [0.25, 0.3) is 0 Å². The Morgan fingerprint density at radius 1 is 1.16 bits per heavy atom. The minimum atomic E-state index is -0.157. The van der Waals surface area contributed by atoms with Crippen LogP contribution in [0.2, 0.25) is 0 Å². The van der Waals surface area contributed by atoms with Crippen LogP contribution < -0.4 is 16.4 Å². The van der Waals surface area contributed by atoms with E-state index in [1.165, 1.54) is 18.4 Å². The number of benzene rings is 1. The summed E-state index contributed by atoms with van der Waals surface area (Å²) in [5.41, 5.74) is 6.84. The lowest BCUT2D eigenvalue weighted by molar-refractivity contribution is -0.123. The van der Waals surface area contributed by atoms with Gasteiger partial charge in [0.05, 0.1) is 18.5 Å². The number of carbonyl (C=O) groups is 1. The number of nitrogens with one attached hydrogen (secondary N) is 2. The first-order valence-corrected chi connectivity index (χ1v) is 12.0. The zero-order valence-electron chi connectivity index (χ0n) is 19.5. The van der Waals surface area contributed by atoms with Crippen molar-refractivity contribution in [1.82, 2.24) is 20.4 Å². The number of nitrogens with zero attached hydrogens (tertiary/aromatic N) is 3. The smallest absolute Gasteiger partial charge is 0.221 e. The molecule has 4 N–H and O–H groups in total. The van der Waals surface area contributed by atoms with E-state index in [9.17, 15) is 4.79 Å². The van der Waals surface area contributed by atoms with Gasteiger partial charge in [-0.05, 0) is 70.8 Å². The summed E-state index contributed by atoms with van der Waals surface area (Å²) >= 11 is 0. The summed E-state index contributed by atoms with van der Waals surface area (Å²) in [6, 6.07) is 11.1. The van der Waals surface area contributed by atoms with Gasteiger partial charge in [-0.15, -0.1) is 24.0 Å². The maximum Gasteiger partial charge on any atom is 0.221 e. The molecule has 2 unspecified atom stereocenters. The molecule has 32 heavy (non-hydrogen) atoms. The minimum Gasteiger partial charge on any atom is -0.369 e. The van der Waals surface area contributed by atoms with Crippen LogP contribution in [0.25, 0.3) is 0 Å². The van der Waals surface area contributed by atoms with Crippen LogP contribution >= 0.6 is 24.0 Å². The van der Waals surface area contributed by atoms with E-state index < -0.39 is 0 Å². The lowest BCUT2D eigenvalue weighted by atomic mass is 9.97. The molecule has 180 valence electrons. The van der Waals surface area contributed by atoms with Crippen LogP contribution in [-0.4, -0.2) is 74.0 Å². The third-order valence-corrected chi connectivity index (χ3v) is 6.38. The van der Waals surface area contributed by atoms with Crippen molar-refractivity contribution >= 4 is 35.8 Å². The van der Waals surface area contributed by atoms with Crippen molar-refractivity contribution in [2.75, 3.05) is 52.4 Å². The second kappa shape index (κ2) is 14.7. The van der Waals surface area contributed by atoms with Crippen LogP contribution in [0.1, 0.15) is 50.6 Å². The summed E-state index contributed by atoms with van der Waals surface area (Å²) in [7, 11) is 0. The number of piperidine rings is 1. The Balaban J connectivity index is 0.00000363. The molecule has 1 amide bonds. The molecule has 0 aromatic heterocycles. The summed E-state index contributed by atoms with van der Waals surface area (Å²) in [6.07, 6.45) is 5.56. The number of hydrogen-bond acceptors (Lipinski definition) is 4. The molecule has 0 spiro atoms. The topological polar surface area (TPSA) is 86.0 Å². The number of amides is 1. The molecule has 1 aromatic carbocycles. The van der Waals surface area contributed by atoms with Crippen LogP contribution in [-0.2, 0) is 4.79 Å². The minimum absolute atomic E-state index is 0. The maximum absolute atomic E-state index is 11.5. The third-order valence-electron chi connectivity index (χ3n) is 6.38. The number of aliphatic imine (C=N–C) groups is 1. The second-order valence-corrected chi connectivity index (χ2v) is 8.71. The number of carbonyl (C=O) groups excluding carboxylic acids is 1. The fraction of sp³-hybridized carbons (Fsp3) is 0.667. The average Bonchev–Trinajstić information content (AvgIpc) is 3.32. The summed E-state index contributed by atoms with van der Waals surface area (Å²) in [5, 5.41) is 6.88. The van der Waals surface area contributed by atoms with Gasteiger partial charge in [-0.25, -0.2) is 0 Å². The molecular weight excluding hydrogens is 515 g/mol. The summed E-state index contributed by atoms with van der Waals surface area (Å²) in [5.74, 6) is 0.743. The highest BCUT2D eigenvalue weighted by atomic mass is 127. The van der Waals surface area contributed by atoms with Crippen LogP contribution in [0.4, 0.5) is 0 Å². The highest BCUT2D eigenvalue weighted by Gasteiger charge is 2.24. The lowest BCUT2D eigenvalue weighted by Crippen LogP contribution is -2.43. The van der Waals surface area contributed by atoms with Gasteiger partial charge in [-0.3, -0.25) is 14.7 Å². The normalized spacial score (nSPS) is 21.0. The van der Waals surface area contributed by atoms with E-state index >= 15 is 0 Å². The van der Waals surface area contributed by atoms with Crippen LogP contribution in [0, 0.1) is 5.92 Å². The molecule has 8 heteroatoms. The van der Waals surface area contributed by atoms with Crippen molar-refractivity contribution in [1.29, 1.82) is 0 Å². The van der Waals surface area contributed by atoms with E-state index in [-0.39, 0.29) is 35.8 Å². The highest BCUT2D eigenvalue weighted by molar-refractivity contribution is 14.0. The van der Waals surface area contributed by atoms with Gasteiger partial charge in [0.1, 0.15) is 0 Å². The SMILES string of the molecule is CCNC(=NCC(c1ccccc1)N1CCCC1)NCCCN1CCCC(C(N)=O)C1.I. The number of rotatable bonds is 10. The fourth-order valence-electron chi connectivity index (χ4n) is 4.68. The first kappa shape index (κ1) is 26.9. The molecule has 2 saturated heterocycles. The molecule has 0 aliphatic carbocycles. The molecule has 2 fully saturated rings. The number of hydrogen-bond donors (Lipinski definition) is 3. The summed E-state index contributed by atoms with van der Waals surface area (Å²) in [6.45, 7) is 9.72. The van der Waals surface area contributed by atoms with Crippen molar-refractivity contribution in [2.24, 2.45) is 16.6 Å². The summed E-state index contributed by atoms with van der Waals surface area (Å²) < 4.78 is 0. The number of nitrogens with two attached hydrogens (primary N) is 1. The first-order valence-electron chi connectivity index (χ1n) is 12.0. The standard InChI is InChI=1S/C24H40N6O.HI/c1-2-26-24(27-13-9-15-29-14-8-12-21(19-29)23(25)31)28-18-22(30-16-6-7-17-30)20-10-4-3-5-11-20;/h3-5,10-11,21-22H,2,6-9,12-19H2,1H3,(H2,25,31)(H2,26,27,28);1H. The lowest BCUT2D eigenvalue weighted by Gasteiger charge is -2.31. The Labute approximate surface area is 210 Å². The third kappa shape index (κ3) is 8.51. The van der Waals surface area contributed by atoms with Crippen molar-refractivity contribution < 1.29 is 4.79 Å². The van der Waals surface area contributed by atoms with Crippen LogP contribution in [0.3, 0.4) is 0 Å². The summed E-state index contributed by atoms with van der Waals surface area (Å²) in [4.78, 5) is 21.3. The van der Waals surface area contributed by atoms with Gasteiger partial charge in [0.2, 0.25) is 5.91 Å². The molecule has 2 aliphatic rings. The Kier molecular flexibility index (Phi) is 12.3. The molecule has 3 rings (SSSR count). The van der Waals surface area contributed by atoms with E-state index in [2.05, 4.69) is 57.7 Å². The van der Waals surface area contributed by atoms with Crippen molar-refractivity contribution in [3.63, 3.8) is 0 Å². The average molecular weight is 557 g/mol. The van der Waals surface area contributed by atoms with Crippen molar-refractivity contribution in [3.05, 3.63) is 35.9 Å². The molecule has 2 aliphatic heterocycles. The van der Waals surface area contributed by atoms with Gasteiger partial charge in [-0.1, -0.05) is 30.3 Å². The Morgan fingerprint density at radius 2 is 1.91 bits per heavy atom. The first-order chi connectivity index (χ1) is 15.2. The molecule has 1 aromatic rings. The van der Waals surface area contributed by atoms with Crippen LogP contribution in [0.15, 0.2) is 35.3 Å². The van der Waals surface area contributed by atoms with E-state index in [1.807, 2.05) is 0 Å². The second-order valence-electron chi connectivity index (χ2n) is 8.71. The molecule has 0 radical (unpaired) electrons. The monoisotopic (exact) mass is 556 g/mol. The number of halogens is 1. The quantitative estimate of drug-likeness (QED) is 0.179. The molecule has 2 atom stereocenters. The predicted molar refractivity (Wildman–Crippen MR) is 142 cm³/mol. The van der Waals surface area contributed by atoms with Gasteiger partial charge in [-0.2, -0.15) is 0 Å². The number of guanidine groups is 1. The largest absolute Gasteiger partial charge is 0.369 e. The van der Waals surface area contributed by atoms with Gasteiger partial charge in [0.15, 0.2) is 5.96 Å². The van der Waals surface area contributed by atoms with Gasteiger partial charge in [0, 0.05) is 19.6 Å². The Bertz CT molecular complexity index is 695. The van der Waals surface area contributed by atoms with Gasteiger partial charge < -0.3 is 21.3 Å². The predicted octanol–water partition coefficient (Wildman–Crippen LogP) is 2.58.